The van der Waals surface area contributed by atoms with E-state index in [-0.39, 0.29) is 24.2 Å². The van der Waals surface area contributed by atoms with Crippen molar-refractivity contribution in [3.05, 3.63) is 65.9 Å². The molecule has 0 radical (unpaired) electrons. The molecule has 1 N–H and O–H groups in total. The normalized spacial score (nSPS) is 11.7. The Morgan fingerprint density at radius 2 is 1.93 bits per heavy atom. The number of aromatic nitrogens is 1. The predicted octanol–water partition coefficient (Wildman–Crippen LogP) is 4.31. The minimum Gasteiger partial charge on any atom is -0.497 e. The number of aryl methyl sites for hydroxylation is 1. The molecule has 1 unspecified atom stereocenters. The second kappa shape index (κ2) is 9.23. The summed E-state index contributed by atoms with van der Waals surface area (Å²) < 4.78 is 29.3. The first-order valence-corrected chi connectivity index (χ1v) is 9.22. The lowest BCUT2D eigenvalue weighted by Gasteiger charge is -2.18. The van der Waals surface area contributed by atoms with Gasteiger partial charge in [0.15, 0.2) is 11.7 Å². The second-order valence-electron chi connectivity index (χ2n) is 6.52. The molecule has 1 amide bonds. The lowest BCUT2D eigenvalue weighted by Crippen LogP contribution is -2.27. The van der Waals surface area contributed by atoms with Crippen molar-refractivity contribution in [1.82, 2.24) is 10.3 Å². The maximum absolute atomic E-state index is 13.0. The number of hydrogen-bond donors (Lipinski definition) is 1. The number of ether oxygens (including phenoxy) is 2. The van der Waals surface area contributed by atoms with E-state index in [9.17, 15) is 9.18 Å². The first-order chi connectivity index (χ1) is 14.0. The highest BCUT2D eigenvalue weighted by Crippen LogP contribution is 2.29. The van der Waals surface area contributed by atoms with Gasteiger partial charge in [0.05, 0.1) is 26.5 Å². The number of methoxy groups -OCH3 is 2. The summed E-state index contributed by atoms with van der Waals surface area (Å²) in [6.45, 7) is 1.88. The van der Waals surface area contributed by atoms with Crippen LogP contribution < -0.4 is 14.8 Å². The van der Waals surface area contributed by atoms with Crippen molar-refractivity contribution in [1.29, 1.82) is 0 Å². The minimum atomic E-state index is -0.313. The molecule has 7 heteroatoms. The third kappa shape index (κ3) is 5.13. The third-order valence-electron chi connectivity index (χ3n) is 4.53. The van der Waals surface area contributed by atoms with Crippen LogP contribution in [-0.4, -0.2) is 25.1 Å². The Morgan fingerprint density at radius 3 is 2.62 bits per heavy atom. The van der Waals surface area contributed by atoms with Crippen molar-refractivity contribution < 1.29 is 23.1 Å². The molecular formula is C22H23FN2O4. The fourth-order valence-corrected chi connectivity index (χ4v) is 2.96. The summed E-state index contributed by atoms with van der Waals surface area (Å²) >= 11 is 0. The summed E-state index contributed by atoms with van der Waals surface area (Å²) in [5, 5.41) is 2.95. The largest absolute Gasteiger partial charge is 0.497 e. The van der Waals surface area contributed by atoms with Gasteiger partial charge in [0.25, 0.3) is 0 Å². The molecule has 2 aromatic carbocycles. The molecule has 3 rings (SSSR count). The molecular weight excluding hydrogens is 375 g/mol. The van der Waals surface area contributed by atoms with Gasteiger partial charge >= 0.3 is 0 Å². The van der Waals surface area contributed by atoms with Crippen LogP contribution in [-0.2, 0) is 11.2 Å². The summed E-state index contributed by atoms with van der Waals surface area (Å²) in [7, 11) is 3.17. The van der Waals surface area contributed by atoms with E-state index in [0.29, 0.717) is 29.6 Å². The van der Waals surface area contributed by atoms with Crippen molar-refractivity contribution in [2.24, 2.45) is 0 Å². The van der Waals surface area contributed by atoms with Crippen LogP contribution >= 0.6 is 0 Å². The Morgan fingerprint density at radius 1 is 1.17 bits per heavy atom. The van der Waals surface area contributed by atoms with Gasteiger partial charge < -0.3 is 19.2 Å². The molecule has 6 nitrogen and oxygen atoms in total. The minimum absolute atomic E-state index is 0.135. The van der Waals surface area contributed by atoms with E-state index in [1.54, 1.807) is 44.7 Å². The number of carbonyl (C=O) groups is 1. The van der Waals surface area contributed by atoms with E-state index < -0.39 is 0 Å². The lowest BCUT2D eigenvalue weighted by molar-refractivity contribution is -0.121. The van der Waals surface area contributed by atoms with Gasteiger partial charge in [-0.15, -0.1) is 0 Å². The lowest BCUT2D eigenvalue weighted by atomic mass is 10.1. The van der Waals surface area contributed by atoms with Gasteiger partial charge in [-0.3, -0.25) is 4.79 Å². The first-order valence-electron chi connectivity index (χ1n) is 9.22. The molecule has 3 aromatic rings. The average Bonchev–Trinajstić information content (AvgIpc) is 3.21. The molecule has 0 fully saturated rings. The van der Waals surface area contributed by atoms with Crippen LogP contribution in [0.1, 0.15) is 30.8 Å². The smallest absolute Gasteiger partial charge is 0.220 e. The summed E-state index contributed by atoms with van der Waals surface area (Å²) in [4.78, 5) is 16.6. The predicted molar refractivity (Wildman–Crippen MR) is 106 cm³/mol. The van der Waals surface area contributed by atoms with Gasteiger partial charge in [0.1, 0.15) is 17.3 Å². The van der Waals surface area contributed by atoms with Crippen molar-refractivity contribution >= 4 is 5.91 Å². The monoisotopic (exact) mass is 398 g/mol. The number of rotatable bonds is 8. The summed E-state index contributed by atoms with van der Waals surface area (Å²) in [6, 6.07) is 11.2. The second-order valence-corrected chi connectivity index (χ2v) is 6.52. The standard InChI is InChI=1S/C22H23FN2O4/c1-14(18-12-17(27-2)8-9-19(18)28-3)25-21(26)10-11-22-24-13-20(29-22)15-4-6-16(23)7-5-15/h4-9,12-14H,10-11H2,1-3H3,(H,25,26). The van der Waals surface area contributed by atoms with Crippen molar-refractivity contribution in [2.75, 3.05) is 14.2 Å². The molecule has 29 heavy (non-hydrogen) atoms. The first kappa shape index (κ1) is 20.4. The number of hydrogen-bond acceptors (Lipinski definition) is 5. The van der Waals surface area contributed by atoms with E-state index in [0.717, 1.165) is 11.1 Å². The number of oxazole rings is 1. The fraction of sp³-hybridized carbons (Fsp3) is 0.273. The maximum atomic E-state index is 13.0. The van der Waals surface area contributed by atoms with Gasteiger partial charge in [0, 0.05) is 24.0 Å². The molecule has 0 saturated carbocycles. The zero-order valence-corrected chi connectivity index (χ0v) is 16.6. The summed E-state index contributed by atoms with van der Waals surface area (Å²) in [5.41, 5.74) is 1.56. The number of nitrogens with zero attached hydrogens (tertiary/aromatic N) is 1. The zero-order valence-electron chi connectivity index (χ0n) is 16.6. The van der Waals surface area contributed by atoms with Gasteiger partial charge in [-0.2, -0.15) is 0 Å². The molecule has 0 spiro atoms. The molecule has 1 heterocycles. The number of nitrogens with one attached hydrogen (secondary N) is 1. The average molecular weight is 398 g/mol. The van der Waals surface area contributed by atoms with Crippen LogP contribution in [0, 0.1) is 5.82 Å². The van der Waals surface area contributed by atoms with Crippen LogP contribution in [0.3, 0.4) is 0 Å². The van der Waals surface area contributed by atoms with Crippen LogP contribution in [0.15, 0.2) is 53.1 Å². The van der Waals surface area contributed by atoms with E-state index in [2.05, 4.69) is 10.3 Å². The Hall–Kier alpha value is -3.35. The highest BCUT2D eigenvalue weighted by Gasteiger charge is 2.16. The Bertz CT molecular complexity index is 969. The number of carbonyl (C=O) groups excluding carboxylic acids is 1. The third-order valence-corrected chi connectivity index (χ3v) is 4.53. The Kier molecular flexibility index (Phi) is 6.49. The zero-order chi connectivity index (χ0) is 20.8. The summed E-state index contributed by atoms with van der Waals surface area (Å²) in [6.07, 6.45) is 2.15. The topological polar surface area (TPSA) is 73.6 Å². The van der Waals surface area contributed by atoms with E-state index in [1.807, 2.05) is 13.0 Å². The van der Waals surface area contributed by atoms with Crippen LogP contribution in [0.5, 0.6) is 11.5 Å². The maximum Gasteiger partial charge on any atom is 0.220 e. The van der Waals surface area contributed by atoms with Gasteiger partial charge in [0.2, 0.25) is 5.91 Å². The number of benzene rings is 2. The molecule has 0 aliphatic rings. The molecule has 0 saturated heterocycles. The number of halogens is 1. The van der Waals surface area contributed by atoms with Gasteiger partial charge in [-0.05, 0) is 49.4 Å². The Balaban J connectivity index is 1.58. The molecule has 0 aliphatic carbocycles. The Labute approximate surface area is 168 Å². The van der Waals surface area contributed by atoms with Crippen molar-refractivity contribution in [3.63, 3.8) is 0 Å². The molecule has 1 atom stereocenters. The molecule has 152 valence electrons. The van der Waals surface area contributed by atoms with Gasteiger partial charge in [-0.25, -0.2) is 9.37 Å². The molecule has 0 aliphatic heterocycles. The van der Waals surface area contributed by atoms with E-state index >= 15 is 0 Å². The molecule has 0 bridgehead atoms. The van der Waals surface area contributed by atoms with Crippen LogP contribution in [0.25, 0.3) is 11.3 Å². The van der Waals surface area contributed by atoms with Crippen molar-refractivity contribution in [3.8, 4) is 22.8 Å². The molecule has 1 aromatic heterocycles. The van der Waals surface area contributed by atoms with E-state index in [4.69, 9.17) is 13.9 Å². The summed E-state index contributed by atoms with van der Waals surface area (Å²) in [5.74, 6) is 1.90. The van der Waals surface area contributed by atoms with Gasteiger partial charge in [-0.1, -0.05) is 0 Å². The van der Waals surface area contributed by atoms with E-state index in [1.165, 1.54) is 12.1 Å². The SMILES string of the molecule is COc1ccc(OC)c(C(C)NC(=O)CCc2ncc(-c3ccc(F)cc3)o2)c1. The highest BCUT2D eigenvalue weighted by atomic mass is 19.1. The van der Waals surface area contributed by atoms with Crippen molar-refractivity contribution in [2.45, 2.75) is 25.8 Å². The number of amides is 1. The van der Waals surface area contributed by atoms with Crippen LogP contribution in [0.4, 0.5) is 4.39 Å². The fourth-order valence-electron chi connectivity index (χ4n) is 2.96. The van der Waals surface area contributed by atoms with Crippen LogP contribution in [0.2, 0.25) is 0 Å². The highest BCUT2D eigenvalue weighted by molar-refractivity contribution is 5.76. The quantitative estimate of drug-likeness (QED) is 0.612.